The van der Waals surface area contributed by atoms with Gasteiger partial charge in [0.15, 0.2) is 5.11 Å². The maximum Gasteiger partial charge on any atom is 0.269 e. The Bertz CT molecular complexity index is 942. The second kappa shape index (κ2) is 7.94. The minimum atomic E-state index is -0.446. The first-order valence-corrected chi connectivity index (χ1v) is 8.37. The summed E-state index contributed by atoms with van der Waals surface area (Å²) in [6.45, 7) is 0.588. The topological polar surface area (TPSA) is 85.0 Å². The van der Waals surface area contributed by atoms with E-state index in [1.165, 1.54) is 12.1 Å². The maximum absolute atomic E-state index is 10.7. The molecule has 0 aliphatic heterocycles. The molecule has 2 N–H and O–H groups in total. The van der Waals surface area contributed by atoms with Crippen molar-refractivity contribution in [3.8, 4) is 0 Å². The van der Waals surface area contributed by atoms with Crippen LogP contribution in [0.25, 0.3) is 0 Å². The molecule has 3 rings (SSSR count). The number of hydrogen-bond donors (Lipinski definition) is 2. The SMILES string of the molecule is O=[N+]([O-])c1ccc(NC(=S)Nc2cccc(Cn3cc(Cl)cn3)c2)cc1. The first-order chi connectivity index (χ1) is 12.5. The number of nitro benzene ring substituents is 1. The smallest absolute Gasteiger partial charge is 0.269 e. The van der Waals surface area contributed by atoms with Crippen molar-refractivity contribution in [2.24, 2.45) is 0 Å². The first-order valence-electron chi connectivity index (χ1n) is 7.59. The molecular formula is C17H14ClN5O2S. The summed E-state index contributed by atoms with van der Waals surface area (Å²) in [6, 6.07) is 13.8. The zero-order valence-electron chi connectivity index (χ0n) is 13.4. The summed E-state index contributed by atoms with van der Waals surface area (Å²) >= 11 is 11.2. The van der Waals surface area contributed by atoms with Crippen LogP contribution in [0.5, 0.6) is 0 Å². The minimum absolute atomic E-state index is 0.0286. The molecule has 0 unspecified atom stereocenters. The summed E-state index contributed by atoms with van der Waals surface area (Å²) in [7, 11) is 0. The molecule has 0 saturated heterocycles. The average Bonchev–Trinajstić information content (AvgIpc) is 3.00. The van der Waals surface area contributed by atoms with E-state index in [2.05, 4.69) is 15.7 Å². The molecule has 0 aliphatic rings. The molecule has 0 amide bonds. The van der Waals surface area contributed by atoms with Gasteiger partial charge >= 0.3 is 0 Å². The van der Waals surface area contributed by atoms with Gasteiger partial charge in [-0.2, -0.15) is 5.10 Å². The molecule has 0 atom stereocenters. The standard InChI is InChI=1S/C17H14ClN5O2S/c18-13-9-19-22(11-13)10-12-2-1-3-15(8-12)21-17(26)20-14-4-6-16(7-5-14)23(24)25/h1-9,11H,10H2,(H2,20,21,26). The molecule has 0 radical (unpaired) electrons. The van der Waals surface area contributed by atoms with Gasteiger partial charge in [0.05, 0.1) is 22.7 Å². The van der Waals surface area contributed by atoms with E-state index < -0.39 is 4.92 Å². The highest BCUT2D eigenvalue weighted by Gasteiger charge is 2.05. The Balaban J connectivity index is 1.62. The Morgan fingerprint density at radius 3 is 2.58 bits per heavy atom. The van der Waals surface area contributed by atoms with Crippen LogP contribution in [0.15, 0.2) is 60.9 Å². The molecular weight excluding hydrogens is 374 g/mol. The number of non-ortho nitro benzene ring substituents is 1. The molecule has 0 fully saturated rings. The lowest BCUT2D eigenvalue weighted by Gasteiger charge is -2.11. The van der Waals surface area contributed by atoms with E-state index in [0.717, 1.165) is 11.3 Å². The summed E-state index contributed by atoms with van der Waals surface area (Å²) < 4.78 is 1.74. The molecule has 26 heavy (non-hydrogen) atoms. The van der Waals surface area contributed by atoms with Crippen LogP contribution in [0, 0.1) is 10.1 Å². The summed E-state index contributed by atoms with van der Waals surface area (Å²) in [5.41, 5.74) is 2.55. The van der Waals surface area contributed by atoms with E-state index in [-0.39, 0.29) is 5.69 Å². The third-order valence-corrected chi connectivity index (χ3v) is 3.87. The summed E-state index contributed by atoms with van der Waals surface area (Å²) in [4.78, 5) is 10.2. The maximum atomic E-state index is 10.7. The lowest BCUT2D eigenvalue weighted by Crippen LogP contribution is -2.19. The number of thiocarbonyl (C=S) groups is 1. The van der Waals surface area contributed by atoms with Crippen LogP contribution in [0.1, 0.15) is 5.56 Å². The quantitative estimate of drug-likeness (QED) is 0.385. The normalized spacial score (nSPS) is 10.3. The molecule has 2 aromatic carbocycles. The number of halogens is 1. The van der Waals surface area contributed by atoms with Gasteiger partial charge in [-0.3, -0.25) is 14.8 Å². The lowest BCUT2D eigenvalue weighted by atomic mass is 10.2. The van der Waals surface area contributed by atoms with E-state index >= 15 is 0 Å². The third-order valence-electron chi connectivity index (χ3n) is 3.47. The van der Waals surface area contributed by atoms with Crippen molar-refractivity contribution in [1.29, 1.82) is 0 Å². The minimum Gasteiger partial charge on any atom is -0.332 e. The molecule has 0 spiro atoms. The van der Waals surface area contributed by atoms with Gasteiger partial charge in [0.1, 0.15) is 0 Å². The average molecular weight is 388 g/mol. The van der Waals surface area contributed by atoms with Crippen molar-refractivity contribution >= 4 is 46.0 Å². The molecule has 9 heteroatoms. The number of aromatic nitrogens is 2. The van der Waals surface area contributed by atoms with E-state index in [9.17, 15) is 10.1 Å². The predicted octanol–water partition coefficient (Wildman–Crippen LogP) is 4.30. The third kappa shape index (κ3) is 4.78. The highest BCUT2D eigenvalue weighted by molar-refractivity contribution is 7.80. The van der Waals surface area contributed by atoms with Crippen LogP contribution in [-0.4, -0.2) is 19.8 Å². The number of rotatable bonds is 5. The molecule has 7 nitrogen and oxygen atoms in total. The van der Waals surface area contributed by atoms with Gasteiger partial charge in [-0.15, -0.1) is 0 Å². The number of benzene rings is 2. The molecule has 0 bridgehead atoms. The summed E-state index contributed by atoms with van der Waals surface area (Å²) in [5, 5.41) is 21.9. The van der Waals surface area contributed by atoms with E-state index in [0.29, 0.717) is 22.4 Å². The van der Waals surface area contributed by atoms with Crippen molar-refractivity contribution in [2.45, 2.75) is 6.54 Å². The zero-order valence-corrected chi connectivity index (χ0v) is 15.0. The second-order valence-electron chi connectivity index (χ2n) is 5.44. The molecule has 1 heterocycles. The van der Waals surface area contributed by atoms with Crippen molar-refractivity contribution in [2.75, 3.05) is 10.6 Å². The highest BCUT2D eigenvalue weighted by atomic mass is 35.5. The van der Waals surface area contributed by atoms with Crippen LogP contribution < -0.4 is 10.6 Å². The largest absolute Gasteiger partial charge is 0.332 e. The molecule has 1 aromatic heterocycles. The van der Waals surface area contributed by atoms with Crippen LogP contribution in [0.3, 0.4) is 0 Å². The van der Waals surface area contributed by atoms with E-state index in [4.69, 9.17) is 23.8 Å². The van der Waals surface area contributed by atoms with Gasteiger partial charge in [0.25, 0.3) is 5.69 Å². The van der Waals surface area contributed by atoms with Crippen molar-refractivity contribution in [3.63, 3.8) is 0 Å². The van der Waals surface area contributed by atoms with Crippen LogP contribution in [0.4, 0.5) is 17.1 Å². The van der Waals surface area contributed by atoms with Crippen LogP contribution in [-0.2, 0) is 6.54 Å². The first kappa shape index (κ1) is 17.8. The molecule has 0 aliphatic carbocycles. The Labute approximate surface area is 159 Å². The Morgan fingerprint density at radius 1 is 1.19 bits per heavy atom. The number of nitrogens with zero attached hydrogens (tertiary/aromatic N) is 3. The predicted molar refractivity (Wildman–Crippen MR) is 106 cm³/mol. The van der Waals surface area contributed by atoms with Crippen molar-refractivity contribution in [3.05, 3.63) is 81.6 Å². The fourth-order valence-corrected chi connectivity index (χ4v) is 2.71. The monoisotopic (exact) mass is 387 g/mol. The Morgan fingerprint density at radius 2 is 1.92 bits per heavy atom. The molecule has 0 saturated carbocycles. The number of nitrogens with one attached hydrogen (secondary N) is 2. The highest BCUT2D eigenvalue weighted by Crippen LogP contribution is 2.17. The molecule has 3 aromatic rings. The van der Waals surface area contributed by atoms with Gasteiger partial charge in [-0.05, 0) is 42.0 Å². The number of anilines is 2. The van der Waals surface area contributed by atoms with Crippen molar-refractivity contribution in [1.82, 2.24) is 9.78 Å². The second-order valence-corrected chi connectivity index (χ2v) is 6.28. The van der Waals surface area contributed by atoms with Gasteiger partial charge in [-0.25, -0.2) is 0 Å². The number of hydrogen-bond acceptors (Lipinski definition) is 4. The fraction of sp³-hybridized carbons (Fsp3) is 0.0588. The van der Waals surface area contributed by atoms with E-state index in [1.54, 1.807) is 29.2 Å². The summed E-state index contributed by atoms with van der Waals surface area (Å²) in [6.07, 6.45) is 3.34. The summed E-state index contributed by atoms with van der Waals surface area (Å²) in [5.74, 6) is 0. The zero-order chi connectivity index (χ0) is 18.5. The van der Waals surface area contributed by atoms with E-state index in [1.807, 2.05) is 24.3 Å². The number of nitro groups is 1. The lowest BCUT2D eigenvalue weighted by molar-refractivity contribution is -0.384. The van der Waals surface area contributed by atoms with Crippen LogP contribution in [0.2, 0.25) is 5.02 Å². The Hall–Kier alpha value is -2.97. The van der Waals surface area contributed by atoms with Crippen molar-refractivity contribution < 1.29 is 4.92 Å². The molecule has 132 valence electrons. The Kier molecular flexibility index (Phi) is 5.45. The van der Waals surface area contributed by atoms with Gasteiger partial charge in [0.2, 0.25) is 0 Å². The van der Waals surface area contributed by atoms with Gasteiger partial charge < -0.3 is 10.6 Å². The van der Waals surface area contributed by atoms with Gasteiger partial charge in [-0.1, -0.05) is 23.7 Å². The fourth-order valence-electron chi connectivity index (χ4n) is 2.32. The van der Waals surface area contributed by atoms with Crippen LogP contribution >= 0.6 is 23.8 Å². The van der Waals surface area contributed by atoms with Gasteiger partial charge in [0, 0.05) is 29.7 Å².